The molecule has 2 fully saturated rings. The van der Waals surface area contributed by atoms with Crippen LogP contribution >= 0.6 is 0 Å². The van der Waals surface area contributed by atoms with E-state index in [1.807, 2.05) is 50.1 Å². The van der Waals surface area contributed by atoms with E-state index in [0.29, 0.717) is 18.4 Å². The number of carbonyl (C=O) groups is 2. The van der Waals surface area contributed by atoms with Crippen molar-refractivity contribution in [3.63, 3.8) is 0 Å². The van der Waals surface area contributed by atoms with Crippen molar-refractivity contribution in [1.29, 1.82) is 0 Å². The number of carbonyl (C=O) groups excluding carboxylic acids is 2. The van der Waals surface area contributed by atoms with Gasteiger partial charge in [0.25, 0.3) is 5.91 Å². The first-order chi connectivity index (χ1) is 11.9. The monoisotopic (exact) mass is 343 g/mol. The van der Waals surface area contributed by atoms with Gasteiger partial charge in [-0.2, -0.15) is 0 Å². The summed E-state index contributed by atoms with van der Waals surface area (Å²) in [6.45, 7) is 5.99. The van der Waals surface area contributed by atoms with E-state index in [-0.39, 0.29) is 23.8 Å². The van der Waals surface area contributed by atoms with Gasteiger partial charge in [0.15, 0.2) is 0 Å². The Morgan fingerprint density at radius 3 is 2.48 bits per heavy atom. The topological polar surface area (TPSA) is 66.6 Å². The lowest BCUT2D eigenvalue weighted by atomic mass is 9.98. The zero-order valence-corrected chi connectivity index (χ0v) is 15.4. The zero-order chi connectivity index (χ0) is 18.1. The van der Waals surface area contributed by atoms with Gasteiger partial charge in [-0.05, 0) is 42.4 Å². The molecule has 0 spiro atoms. The standard InChI is InChI=1S/C20H29N3O2/c1-13(2)19(24)22(3)10-14-4-6-15(7-5-14)20(25)23-11-16-8-9-18(21)17(16)12-23/h4-7,13,16-18H,8-12,21H2,1-3H3. The van der Waals surface area contributed by atoms with Crippen LogP contribution in [0.5, 0.6) is 0 Å². The third-order valence-corrected chi connectivity index (χ3v) is 5.69. The Balaban J connectivity index is 1.61. The van der Waals surface area contributed by atoms with Crippen LogP contribution in [0.3, 0.4) is 0 Å². The number of benzene rings is 1. The third kappa shape index (κ3) is 3.71. The smallest absolute Gasteiger partial charge is 0.253 e. The molecule has 0 aromatic heterocycles. The van der Waals surface area contributed by atoms with Crippen LogP contribution in [0.4, 0.5) is 0 Å². The van der Waals surface area contributed by atoms with Crippen molar-refractivity contribution >= 4 is 11.8 Å². The maximum Gasteiger partial charge on any atom is 0.253 e. The second kappa shape index (κ2) is 7.16. The number of rotatable bonds is 4. The molecule has 1 saturated carbocycles. The SMILES string of the molecule is CC(C)C(=O)N(C)Cc1ccc(C(=O)N2CC3CCC(N)C3C2)cc1. The fourth-order valence-electron chi connectivity index (χ4n) is 4.20. The van der Waals surface area contributed by atoms with Crippen molar-refractivity contribution in [2.24, 2.45) is 23.5 Å². The molecule has 1 aliphatic carbocycles. The molecule has 1 aromatic rings. The van der Waals surface area contributed by atoms with Crippen molar-refractivity contribution in [1.82, 2.24) is 9.80 Å². The minimum atomic E-state index is -0.00756. The fraction of sp³-hybridized carbons (Fsp3) is 0.600. The number of amides is 2. The van der Waals surface area contributed by atoms with Crippen LogP contribution in [0.15, 0.2) is 24.3 Å². The van der Waals surface area contributed by atoms with Gasteiger partial charge in [0, 0.05) is 44.2 Å². The lowest BCUT2D eigenvalue weighted by molar-refractivity contribution is -0.133. The van der Waals surface area contributed by atoms with Crippen molar-refractivity contribution in [3.05, 3.63) is 35.4 Å². The van der Waals surface area contributed by atoms with E-state index < -0.39 is 0 Å². The number of likely N-dealkylation sites (tertiary alicyclic amines) is 1. The molecule has 1 aromatic carbocycles. The molecule has 5 heteroatoms. The van der Waals surface area contributed by atoms with E-state index in [1.165, 1.54) is 0 Å². The van der Waals surface area contributed by atoms with Crippen LogP contribution in [0.2, 0.25) is 0 Å². The Morgan fingerprint density at radius 2 is 1.88 bits per heavy atom. The molecule has 3 atom stereocenters. The summed E-state index contributed by atoms with van der Waals surface area (Å²) in [7, 11) is 1.81. The van der Waals surface area contributed by atoms with Crippen molar-refractivity contribution < 1.29 is 9.59 Å². The van der Waals surface area contributed by atoms with Crippen molar-refractivity contribution in [2.45, 2.75) is 39.3 Å². The molecular weight excluding hydrogens is 314 g/mol. The zero-order valence-electron chi connectivity index (χ0n) is 15.4. The van der Waals surface area contributed by atoms with E-state index in [1.54, 1.807) is 4.90 Å². The molecule has 2 aliphatic rings. The van der Waals surface area contributed by atoms with Crippen LogP contribution < -0.4 is 5.73 Å². The maximum absolute atomic E-state index is 12.7. The molecule has 2 amide bonds. The predicted octanol–water partition coefficient (Wildman–Crippen LogP) is 2.11. The number of hydrogen-bond donors (Lipinski definition) is 1. The average Bonchev–Trinajstić information content (AvgIpc) is 3.16. The molecule has 1 heterocycles. The lowest BCUT2D eigenvalue weighted by Crippen LogP contribution is -2.33. The summed E-state index contributed by atoms with van der Waals surface area (Å²) in [5.41, 5.74) is 7.92. The molecule has 3 unspecified atom stereocenters. The summed E-state index contributed by atoms with van der Waals surface area (Å²) in [5, 5.41) is 0. The summed E-state index contributed by atoms with van der Waals surface area (Å²) in [5.74, 6) is 1.26. The normalized spacial score (nSPS) is 25.3. The van der Waals surface area contributed by atoms with Gasteiger partial charge in [-0.25, -0.2) is 0 Å². The molecule has 0 bridgehead atoms. The molecule has 0 radical (unpaired) electrons. The maximum atomic E-state index is 12.7. The molecule has 3 rings (SSSR count). The largest absolute Gasteiger partial charge is 0.341 e. The molecule has 2 N–H and O–H groups in total. The Hall–Kier alpha value is -1.88. The first-order valence-corrected chi connectivity index (χ1v) is 9.25. The van der Waals surface area contributed by atoms with Gasteiger partial charge in [0.05, 0.1) is 0 Å². The van der Waals surface area contributed by atoms with Gasteiger partial charge in [0.2, 0.25) is 5.91 Å². The summed E-state index contributed by atoms with van der Waals surface area (Å²) in [4.78, 5) is 28.4. The van der Waals surface area contributed by atoms with Crippen LogP contribution in [-0.2, 0) is 11.3 Å². The highest BCUT2D eigenvalue weighted by atomic mass is 16.2. The summed E-state index contributed by atoms with van der Waals surface area (Å²) in [6.07, 6.45) is 2.24. The van der Waals surface area contributed by atoms with E-state index >= 15 is 0 Å². The number of fused-ring (bicyclic) bond motifs is 1. The highest BCUT2D eigenvalue weighted by molar-refractivity contribution is 5.94. The second-order valence-corrected chi connectivity index (χ2v) is 7.92. The van der Waals surface area contributed by atoms with Gasteiger partial charge in [-0.3, -0.25) is 9.59 Å². The van der Waals surface area contributed by atoms with Crippen LogP contribution in [0.25, 0.3) is 0 Å². The third-order valence-electron chi connectivity index (χ3n) is 5.69. The van der Waals surface area contributed by atoms with Crippen LogP contribution in [0.1, 0.15) is 42.6 Å². The Bertz CT molecular complexity index is 641. The summed E-state index contributed by atoms with van der Waals surface area (Å²) >= 11 is 0. The van der Waals surface area contributed by atoms with E-state index in [2.05, 4.69) is 0 Å². The highest BCUT2D eigenvalue weighted by Crippen LogP contribution is 2.37. The van der Waals surface area contributed by atoms with Gasteiger partial charge >= 0.3 is 0 Å². The summed E-state index contributed by atoms with van der Waals surface area (Å²) < 4.78 is 0. The molecule has 136 valence electrons. The van der Waals surface area contributed by atoms with Gasteiger partial charge in [-0.1, -0.05) is 26.0 Å². The first-order valence-electron chi connectivity index (χ1n) is 9.25. The molecular formula is C20H29N3O2. The Labute approximate surface area is 150 Å². The summed E-state index contributed by atoms with van der Waals surface area (Å²) in [6, 6.07) is 7.89. The minimum absolute atomic E-state index is 0.00756. The van der Waals surface area contributed by atoms with Gasteiger partial charge < -0.3 is 15.5 Å². The van der Waals surface area contributed by atoms with Gasteiger partial charge in [0.1, 0.15) is 0 Å². The first kappa shape index (κ1) is 17.9. The molecule has 1 aliphatic heterocycles. The predicted molar refractivity (Wildman–Crippen MR) is 97.8 cm³/mol. The quantitative estimate of drug-likeness (QED) is 0.910. The van der Waals surface area contributed by atoms with Crippen LogP contribution in [0, 0.1) is 17.8 Å². The molecule has 5 nitrogen and oxygen atoms in total. The molecule has 25 heavy (non-hydrogen) atoms. The average molecular weight is 343 g/mol. The second-order valence-electron chi connectivity index (χ2n) is 7.92. The highest BCUT2D eigenvalue weighted by Gasteiger charge is 2.42. The van der Waals surface area contributed by atoms with Crippen molar-refractivity contribution in [2.75, 3.05) is 20.1 Å². The number of nitrogens with two attached hydrogens (primary N) is 1. The van der Waals surface area contributed by atoms with E-state index in [0.717, 1.165) is 37.1 Å². The fourth-order valence-corrected chi connectivity index (χ4v) is 4.20. The van der Waals surface area contributed by atoms with Crippen LogP contribution in [-0.4, -0.2) is 47.8 Å². The Kier molecular flexibility index (Phi) is 5.13. The minimum Gasteiger partial charge on any atom is -0.341 e. The van der Waals surface area contributed by atoms with Crippen molar-refractivity contribution in [3.8, 4) is 0 Å². The number of nitrogens with zero attached hydrogens (tertiary/aromatic N) is 2. The van der Waals surface area contributed by atoms with E-state index in [4.69, 9.17) is 5.73 Å². The van der Waals surface area contributed by atoms with Gasteiger partial charge in [-0.15, -0.1) is 0 Å². The Morgan fingerprint density at radius 1 is 1.20 bits per heavy atom. The van der Waals surface area contributed by atoms with E-state index in [9.17, 15) is 9.59 Å². The molecule has 1 saturated heterocycles. The number of hydrogen-bond acceptors (Lipinski definition) is 3. The lowest BCUT2D eigenvalue weighted by Gasteiger charge is -2.20.